The number of rotatable bonds is 4. The molecule has 0 fully saturated rings. The lowest BCUT2D eigenvalue weighted by molar-refractivity contribution is 0.102. The standard InChI is InChI=1S/C12H12BrN3O2/c1-3-18-9-7-5-4-6-8(9)11(17)10-12(13)14-15-16(10)2/h4-7H,3H2,1-2H3. The van der Waals surface area contributed by atoms with E-state index >= 15 is 0 Å². The Bertz CT molecular complexity index is 561. The summed E-state index contributed by atoms with van der Waals surface area (Å²) in [6.07, 6.45) is 0. The van der Waals surface area contributed by atoms with Gasteiger partial charge in [-0.15, -0.1) is 5.10 Å². The van der Waals surface area contributed by atoms with E-state index in [4.69, 9.17) is 4.74 Å². The first-order valence-electron chi connectivity index (χ1n) is 5.46. The summed E-state index contributed by atoms with van der Waals surface area (Å²) in [6.45, 7) is 2.39. The molecule has 0 aliphatic carbocycles. The highest BCUT2D eigenvalue weighted by atomic mass is 79.9. The van der Waals surface area contributed by atoms with E-state index in [2.05, 4.69) is 26.2 Å². The first-order valence-corrected chi connectivity index (χ1v) is 6.26. The summed E-state index contributed by atoms with van der Waals surface area (Å²) < 4.78 is 7.32. The predicted molar refractivity (Wildman–Crippen MR) is 69.7 cm³/mol. The minimum absolute atomic E-state index is 0.168. The minimum atomic E-state index is -0.168. The number of carbonyl (C=O) groups is 1. The molecule has 5 nitrogen and oxygen atoms in total. The zero-order valence-electron chi connectivity index (χ0n) is 10.1. The van der Waals surface area contributed by atoms with Gasteiger partial charge in [0.1, 0.15) is 11.4 Å². The van der Waals surface area contributed by atoms with Crippen LogP contribution in [0.3, 0.4) is 0 Å². The fourth-order valence-electron chi connectivity index (χ4n) is 1.64. The van der Waals surface area contributed by atoms with Gasteiger partial charge in [0.05, 0.1) is 12.2 Å². The van der Waals surface area contributed by atoms with E-state index < -0.39 is 0 Å². The molecule has 1 heterocycles. The molecule has 1 aromatic heterocycles. The Labute approximate surface area is 113 Å². The zero-order valence-corrected chi connectivity index (χ0v) is 11.6. The average Bonchev–Trinajstić information content (AvgIpc) is 2.69. The van der Waals surface area contributed by atoms with E-state index in [1.54, 1.807) is 25.2 Å². The van der Waals surface area contributed by atoms with Gasteiger partial charge in [0, 0.05) is 7.05 Å². The van der Waals surface area contributed by atoms with Crippen molar-refractivity contribution in [1.82, 2.24) is 15.0 Å². The van der Waals surface area contributed by atoms with Crippen LogP contribution in [-0.4, -0.2) is 27.4 Å². The van der Waals surface area contributed by atoms with Crippen molar-refractivity contribution in [3.63, 3.8) is 0 Å². The van der Waals surface area contributed by atoms with E-state index in [9.17, 15) is 4.79 Å². The Balaban J connectivity index is 2.46. The number of ether oxygens (including phenoxy) is 1. The molecule has 2 rings (SSSR count). The van der Waals surface area contributed by atoms with Crippen molar-refractivity contribution in [2.75, 3.05) is 6.61 Å². The molecule has 0 radical (unpaired) electrons. The number of hydrogen-bond acceptors (Lipinski definition) is 4. The second-order valence-corrected chi connectivity index (χ2v) is 4.36. The number of hydrogen-bond donors (Lipinski definition) is 0. The van der Waals surface area contributed by atoms with E-state index in [1.807, 2.05) is 13.0 Å². The molecule has 2 aromatic rings. The second-order valence-electron chi connectivity index (χ2n) is 3.61. The van der Waals surface area contributed by atoms with Crippen LogP contribution in [0.4, 0.5) is 0 Å². The van der Waals surface area contributed by atoms with Gasteiger partial charge in [0.25, 0.3) is 0 Å². The summed E-state index contributed by atoms with van der Waals surface area (Å²) in [6, 6.07) is 7.13. The summed E-state index contributed by atoms with van der Waals surface area (Å²) in [5.41, 5.74) is 0.910. The van der Waals surface area contributed by atoms with Gasteiger partial charge in [0.15, 0.2) is 4.60 Å². The first-order chi connectivity index (χ1) is 8.65. The lowest BCUT2D eigenvalue weighted by Gasteiger charge is -2.08. The van der Waals surface area contributed by atoms with Crippen molar-refractivity contribution in [3.05, 3.63) is 40.1 Å². The molecule has 0 saturated heterocycles. The summed E-state index contributed by atoms with van der Waals surface area (Å²) in [5.74, 6) is 0.400. The average molecular weight is 310 g/mol. The normalized spacial score (nSPS) is 10.4. The van der Waals surface area contributed by atoms with E-state index in [0.717, 1.165) is 0 Å². The molecule has 0 saturated carbocycles. The van der Waals surface area contributed by atoms with Crippen LogP contribution in [0.1, 0.15) is 23.0 Å². The van der Waals surface area contributed by atoms with Gasteiger partial charge in [-0.05, 0) is 35.0 Å². The SMILES string of the molecule is CCOc1ccccc1C(=O)c1c(Br)nnn1C. The van der Waals surface area contributed by atoms with Crippen LogP contribution in [0.15, 0.2) is 28.9 Å². The number of para-hydroxylation sites is 1. The molecule has 0 bridgehead atoms. The second kappa shape index (κ2) is 5.30. The molecule has 94 valence electrons. The fraction of sp³-hybridized carbons (Fsp3) is 0.250. The van der Waals surface area contributed by atoms with Gasteiger partial charge >= 0.3 is 0 Å². The Morgan fingerprint density at radius 2 is 2.17 bits per heavy atom. The highest BCUT2D eigenvalue weighted by molar-refractivity contribution is 9.10. The molecule has 1 aromatic carbocycles. The third-order valence-electron chi connectivity index (χ3n) is 2.43. The highest BCUT2D eigenvalue weighted by Crippen LogP contribution is 2.23. The number of aryl methyl sites for hydroxylation is 1. The van der Waals surface area contributed by atoms with Crippen LogP contribution in [-0.2, 0) is 7.05 Å². The molecule has 0 unspecified atom stereocenters. The molecular formula is C12H12BrN3O2. The van der Waals surface area contributed by atoms with Crippen LogP contribution in [0.2, 0.25) is 0 Å². The number of halogens is 1. The fourth-order valence-corrected chi connectivity index (χ4v) is 2.14. The molecule has 18 heavy (non-hydrogen) atoms. The van der Waals surface area contributed by atoms with Crippen molar-refractivity contribution in [2.45, 2.75) is 6.92 Å². The van der Waals surface area contributed by atoms with E-state index in [1.165, 1.54) is 4.68 Å². The molecule has 0 aliphatic rings. The van der Waals surface area contributed by atoms with Crippen LogP contribution >= 0.6 is 15.9 Å². The predicted octanol–water partition coefficient (Wildman–Crippen LogP) is 2.21. The van der Waals surface area contributed by atoms with Crippen LogP contribution in [0.25, 0.3) is 0 Å². The lowest BCUT2D eigenvalue weighted by Crippen LogP contribution is -2.10. The van der Waals surface area contributed by atoms with Crippen molar-refractivity contribution in [3.8, 4) is 5.75 Å². The van der Waals surface area contributed by atoms with Crippen molar-refractivity contribution in [2.24, 2.45) is 7.05 Å². The number of carbonyl (C=O) groups excluding carboxylic acids is 1. The van der Waals surface area contributed by atoms with Gasteiger partial charge in [-0.3, -0.25) is 4.79 Å². The molecule has 0 N–H and O–H groups in total. The minimum Gasteiger partial charge on any atom is -0.493 e. The van der Waals surface area contributed by atoms with Gasteiger partial charge in [-0.2, -0.15) is 0 Å². The molecule has 0 aliphatic heterocycles. The first kappa shape index (κ1) is 12.8. The monoisotopic (exact) mass is 309 g/mol. The van der Waals surface area contributed by atoms with Gasteiger partial charge in [-0.25, -0.2) is 4.68 Å². The number of aromatic nitrogens is 3. The summed E-state index contributed by atoms with van der Waals surface area (Å²) in [4.78, 5) is 12.4. The topological polar surface area (TPSA) is 57.0 Å². The largest absolute Gasteiger partial charge is 0.493 e. The van der Waals surface area contributed by atoms with E-state index in [-0.39, 0.29) is 5.78 Å². The maximum absolute atomic E-state index is 12.4. The molecule has 0 spiro atoms. The number of nitrogens with zero attached hydrogens (tertiary/aromatic N) is 3. The van der Waals surface area contributed by atoms with Crippen molar-refractivity contribution in [1.29, 1.82) is 0 Å². The Morgan fingerprint density at radius 1 is 1.44 bits per heavy atom. The van der Waals surface area contributed by atoms with Crippen LogP contribution in [0.5, 0.6) is 5.75 Å². The van der Waals surface area contributed by atoms with Crippen molar-refractivity contribution >= 4 is 21.7 Å². The highest BCUT2D eigenvalue weighted by Gasteiger charge is 2.21. The Kier molecular flexibility index (Phi) is 3.76. The number of ketones is 1. The summed E-state index contributed by atoms with van der Waals surface area (Å²) in [5, 5.41) is 7.60. The maximum atomic E-state index is 12.4. The Hall–Kier alpha value is -1.69. The zero-order chi connectivity index (χ0) is 13.1. The van der Waals surface area contributed by atoms with Gasteiger partial charge < -0.3 is 4.74 Å². The third-order valence-corrected chi connectivity index (χ3v) is 2.97. The maximum Gasteiger partial charge on any atom is 0.217 e. The van der Waals surface area contributed by atoms with Crippen LogP contribution in [0, 0.1) is 0 Å². The van der Waals surface area contributed by atoms with Gasteiger partial charge in [0.2, 0.25) is 5.78 Å². The van der Waals surface area contributed by atoms with Crippen molar-refractivity contribution < 1.29 is 9.53 Å². The Morgan fingerprint density at radius 3 is 2.78 bits per heavy atom. The molecule has 6 heteroatoms. The molecular weight excluding hydrogens is 298 g/mol. The molecule has 0 amide bonds. The number of benzene rings is 1. The lowest BCUT2D eigenvalue weighted by atomic mass is 10.1. The summed E-state index contributed by atoms with van der Waals surface area (Å²) >= 11 is 3.22. The third kappa shape index (κ3) is 2.28. The van der Waals surface area contributed by atoms with Gasteiger partial charge in [-0.1, -0.05) is 17.3 Å². The van der Waals surface area contributed by atoms with E-state index in [0.29, 0.717) is 28.2 Å². The smallest absolute Gasteiger partial charge is 0.217 e. The summed E-state index contributed by atoms with van der Waals surface area (Å²) in [7, 11) is 1.67. The quantitative estimate of drug-likeness (QED) is 0.813. The molecule has 0 atom stereocenters. The van der Waals surface area contributed by atoms with Crippen LogP contribution < -0.4 is 4.74 Å².